The lowest BCUT2D eigenvalue weighted by molar-refractivity contribution is 0.0691. The molecule has 0 unspecified atom stereocenters. The molecule has 3 aromatic heterocycles. The number of nitrogens with zero attached hydrogens (tertiary/aromatic N) is 4. The van der Waals surface area contributed by atoms with Crippen LogP contribution in [-0.4, -0.2) is 43.8 Å². The molecule has 2 aliphatic heterocycles. The van der Waals surface area contributed by atoms with Gasteiger partial charge in [0.05, 0.1) is 11.2 Å². The molecule has 7 heteroatoms. The molecule has 0 radical (unpaired) electrons. The van der Waals surface area contributed by atoms with Crippen molar-refractivity contribution in [3.8, 4) is 22.8 Å². The Kier molecular flexibility index (Phi) is 4.92. The molecule has 2 N–H and O–H groups in total. The number of rotatable bonds is 3. The fourth-order valence-corrected chi connectivity index (χ4v) is 6.72. The second kappa shape index (κ2) is 8.55. The predicted molar refractivity (Wildman–Crippen MR) is 157 cm³/mol. The molecule has 0 saturated carbocycles. The molecular weight excluding hydrogens is 500 g/mol. The normalized spacial score (nSPS) is 14.7. The number of carboxylic acid groups (broad SMARTS) is 1. The summed E-state index contributed by atoms with van der Waals surface area (Å²) in [5.74, 6) is -0.135. The van der Waals surface area contributed by atoms with Gasteiger partial charge in [-0.05, 0) is 67.0 Å². The maximum absolute atomic E-state index is 11.8. The maximum atomic E-state index is 11.8. The Morgan fingerprint density at radius 3 is 2.45 bits per heavy atom. The number of phenolic OH excluding ortho intramolecular Hbond substituents is 1. The fraction of sp³-hybridized carbons (Fsp3) is 0.182. The van der Waals surface area contributed by atoms with E-state index in [1.807, 2.05) is 59.2 Å². The zero-order valence-corrected chi connectivity index (χ0v) is 21.8. The third-order valence-corrected chi connectivity index (χ3v) is 8.45. The van der Waals surface area contributed by atoms with Gasteiger partial charge in [-0.2, -0.15) is 0 Å². The van der Waals surface area contributed by atoms with E-state index in [1.54, 1.807) is 6.07 Å². The summed E-state index contributed by atoms with van der Waals surface area (Å²) < 4.78 is 1.94. The van der Waals surface area contributed by atoms with E-state index >= 15 is 0 Å². The number of hydrogen-bond donors (Lipinski definition) is 2. The van der Waals surface area contributed by atoms with E-state index in [0.29, 0.717) is 22.9 Å². The van der Waals surface area contributed by atoms with Gasteiger partial charge < -0.3 is 15.1 Å². The number of aromatic nitrogens is 3. The number of pyridine rings is 2. The maximum Gasteiger partial charge on any atom is 0.354 e. The molecule has 0 fully saturated rings. The molecule has 0 saturated heterocycles. The highest BCUT2D eigenvalue weighted by atomic mass is 16.4. The summed E-state index contributed by atoms with van der Waals surface area (Å²) in [5, 5.41) is 25.2. The van der Waals surface area contributed by atoms with Crippen molar-refractivity contribution in [1.82, 2.24) is 14.5 Å². The highest BCUT2D eigenvalue weighted by Gasteiger charge is 2.29. The number of aryl methyl sites for hydroxylation is 1. The summed E-state index contributed by atoms with van der Waals surface area (Å²) in [4.78, 5) is 24.0. The van der Waals surface area contributed by atoms with Crippen LogP contribution in [0.5, 0.6) is 5.75 Å². The van der Waals surface area contributed by atoms with Gasteiger partial charge in [-0.3, -0.25) is 4.57 Å². The van der Waals surface area contributed by atoms with Gasteiger partial charge in [0.25, 0.3) is 0 Å². The number of fused-ring (bicyclic) bond motifs is 4. The lowest BCUT2D eigenvalue weighted by atomic mass is 9.87. The SMILES string of the molecule is O=C(O)c1ccc2c3ccccc3n(-c3cc4ccccc4c(-c4cc5c6c(c4O)CCCN6CCC5)n3)c2n1. The van der Waals surface area contributed by atoms with Crippen LogP contribution in [0.4, 0.5) is 5.69 Å². The Hall–Kier alpha value is -4.91. The van der Waals surface area contributed by atoms with Crippen LogP contribution in [0.2, 0.25) is 0 Å². The Balaban J connectivity index is 1.45. The average Bonchev–Trinajstić information content (AvgIpc) is 3.32. The van der Waals surface area contributed by atoms with Gasteiger partial charge in [0.15, 0.2) is 5.69 Å². The molecule has 40 heavy (non-hydrogen) atoms. The number of aromatic carboxylic acids is 1. The van der Waals surface area contributed by atoms with E-state index in [9.17, 15) is 15.0 Å². The number of anilines is 1. The summed E-state index contributed by atoms with van der Waals surface area (Å²) in [6, 6.07) is 23.6. The topological polar surface area (TPSA) is 91.5 Å². The average molecular weight is 527 g/mol. The Labute approximate surface area is 230 Å². The molecule has 0 spiro atoms. The molecule has 7 nitrogen and oxygen atoms in total. The van der Waals surface area contributed by atoms with E-state index in [4.69, 9.17) is 4.98 Å². The first-order valence-electron chi connectivity index (χ1n) is 13.7. The van der Waals surface area contributed by atoms with Crippen LogP contribution in [0.1, 0.15) is 34.5 Å². The molecule has 5 heterocycles. The summed E-state index contributed by atoms with van der Waals surface area (Å²) in [5.41, 5.74) is 6.38. The third kappa shape index (κ3) is 3.27. The van der Waals surface area contributed by atoms with E-state index < -0.39 is 5.97 Å². The van der Waals surface area contributed by atoms with Gasteiger partial charge in [0, 0.05) is 46.1 Å². The number of phenols is 1. The minimum Gasteiger partial charge on any atom is -0.507 e. The van der Waals surface area contributed by atoms with Crippen LogP contribution < -0.4 is 4.90 Å². The molecule has 0 atom stereocenters. The lowest BCUT2D eigenvalue weighted by Crippen LogP contribution is -2.34. The van der Waals surface area contributed by atoms with Crippen LogP contribution >= 0.6 is 0 Å². The van der Waals surface area contributed by atoms with Gasteiger partial charge in [0.2, 0.25) is 0 Å². The summed E-state index contributed by atoms with van der Waals surface area (Å²) in [6.45, 7) is 2.07. The second-order valence-corrected chi connectivity index (χ2v) is 10.7. The second-order valence-electron chi connectivity index (χ2n) is 10.7. The minimum absolute atomic E-state index is 0.0199. The van der Waals surface area contributed by atoms with Crippen molar-refractivity contribution in [3.05, 3.63) is 89.6 Å². The number of carbonyl (C=O) groups is 1. The molecule has 6 aromatic rings. The largest absolute Gasteiger partial charge is 0.507 e. The molecular formula is C33H26N4O3. The zero-order chi connectivity index (χ0) is 27.0. The van der Waals surface area contributed by atoms with Crippen molar-refractivity contribution in [2.45, 2.75) is 25.7 Å². The first kappa shape index (κ1) is 23.0. The van der Waals surface area contributed by atoms with Crippen LogP contribution in [0, 0.1) is 0 Å². The Morgan fingerprint density at radius 1 is 0.825 bits per heavy atom. The Morgan fingerprint density at radius 2 is 1.60 bits per heavy atom. The number of aromatic hydroxyl groups is 1. The van der Waals surface area contributed by atoms with Crippen molar-refractivity contribution >= 4 is 44.4 Å². The van der Waals surface area contributed by atoms with Crippen molar-refractivity contribution in [2.75, 3.05) is 18.0 Å². The van der Waals surface area contributed by atoms with E-state index in [0.717, 1.165) is 77.0 Å². The molecule has 2 aliphatic rings. The van der Waals surface area contributed by atoms with E-state index in [-0.39, 0.29) is 5.69 Å². The smallest absolute Gasteiger partial charge is 0.354 e. The van der Waals surface area contributed by atoms with Gasteiger partial charge in [-0.25, -0.2) is 14.8 Å². The zero-order valence-electron chi connectivity index (χ0n) is 21.8. The van der Waals surface area contributed by atoms with Crippen LogP contribution in [-0.2, 0) is 12.8 Å². The third-order valence-electron chi connectivity index (χ3n) is 8.45. The monoisotopic (exact) mass is 526 g/mol. The summed E-state index contributed by atoms with van der Waals surface area (Å²) in [6.07, 6.45) is 3.96. The van der Waals surface area contributed by atoms with E-state index in [1.165, 1.54) is 11.3 Å². The van der Waals surface area contributed by atoms with Gasteiger partial charge >= 0.3 is 5.97 Å². The standard InChI is InChI=1S/C33H26N4O3/c38-31-24-11-6-16-36-15-5-8-20(30(24)36)17-25(31)29-21-9-2-1-7-19(21)18-28(35-29)37-27-12-4-3-10-22(27)23-13-14-26(33(39)40)34-32(23)37/h1-4,7,9-10,12-14,17-18,38H,5-6,8,11,15-16H2,(H,39,40). The van der Waals surface area contributed by atoms with Crippen LogP contribution in [0.15, 0.2) is 72.8 Å². The number of para-hydroxylation sites is 1. The number of carboxylic acids is 1. The summed E-state index contributed by atoms with van der Waals surface area (Å²) >= 11 is 0. The van der Waals surface area contributed by atoms with Gasteiger partial charge in [-0.15, -0.1) is 0 Å². The van der Waals surface area contributed by atoms with Crippen LogP contribution in [0.3, 0.4) is 0 Å². The quantitative estimate of drug-likeness (QED) is 0.274. The van der Waals surface area contributed by atoms with Gasteiger partial charge in [0.1, 0.15) is 17.2 Å². The predicted octanol–water partition coefficient (Wildman–Crippen LogP) is 6.50. The van der Waals surface area contributed by atoms with E-state index in [2.05, 4.69) is 22.0 Å². The molecule has 0 bridgehead atoms. The van der Waals surface area contributed by atoms with Crippen molar-refractivity contribution in [1.29, 1.82) is 0 Å². The number of hydrogen-bond acceptors (Lipinski definition) is 5. The minimum atomic E-state index is -1.08. The van der Waals surface area contributed by atoms with Crippen molar-refractivity contribution < 1.29 is 15.0 Å². The lowest BCUT2D eigenvalue weighted by Gasteiger charge is -2.37. The highest BCUT2D eigenvalue weighted by molar-refractivity contribution is 6.09. The molecule has 3 aromatic carbocycles. The Bertz CT molecular complexity index is 2020. The molecule has 8 rings (SSSR count). The first-order chi connectivity index (χ1) is 19.6. The fourth-order valence-electron chi connectivity index (χ4n) is 6.72. The van der Waals surface area contributed by atoms with Crippen molar-refractivity contribution in [3.63, 3.8) is 0 Å². The first-order valence-corrected chi connectivity index (χ1v) is 13.7. The summed E-state index contributed by atoms with van der Waals surface area (Å²) in [7, 11) is 0. The highest BCUT2D eigenvalue weighted by Crippen LogP contribution is 2.46. The van der Waals surface area contributed by atoms with Crippen LogP contribution in [0.25, 0.3) is 49.8 Å². The van der Waals surface area contributed by atoms with Gasteiger partial charge in [-0.1, -0.05) is 42.5 Å². The molecule has 0 aliphatic carbocycles. The molecule has 0 amide bonds. The molecule has 196 valence electrons. The number of benzene rings is 3. The van der Waals surface area contributed by atoms with Crippen molar-refractivity contribution in [2.24, 2.45) is 0 Å².